The summed E-state index contributed by atoms with van der Waals surface area (Å²) in [4.78, 5) is 34.7. The van der Waals surface area contributed by atoms with Gasteiger partial charge in [-0.25, -0.2) is 4.68 Å². The molecule has 1 amide bonds. The number of amides is 1. The first-order valence-corrected chi connectivity index (χ1v) is 6.28. The summed E-state index contributed by atoms with van der Waals surface area (Å²) in [6.45, 7) is -0.112. The molecular formula is C13H14N4O4. The van der Waals surface area contributed by atoms with E-state index < -0.39 is 11.9 Å². The maximum atomic E-state index is 12.1. The highest BCUT2D eigenvalue weighted by Crippen LogP contribution is 2.02. The fourth-order valence-electron chi connectivity index (χ4n) is 1.72. The predicted molar refractivity (Wildman–Crippen MR) is 73.4 cm³/mol. The van der Waals surface area contributed by atoms with Crippen molar-refractivity contribution in [2.75, 3.05) is 13.7 Å². The first-order chi connectivity index (χ1) is 10.1. The van der Waals surface area contributed by atoms with Gasteiger partial charge in [0.2, 0.25) is 5.91 Å². The van der Waals surface area contributed by atoms with E-state index in [4.69, 9.17) is 0 Å². The van der Waals surface area contributed by atoms with Gasteiger partial charge in [0, 0.05) is 6.54 Å². The second-order valence-electron chi connectivity index (χ2n) is 4.25. The normalized spacial score (nSPS) is 10.3. The maximum absolute atomic E-state index is 12.1. The van der Waals surface area contributed by atoms with E-state index in [0.717, 1.165) is 4.68 Å². The third kappa shape index (κ3) is 3.62. The Balaban J connectivity index is 2.03. The Morgan fingerprint density at radius 3 is 2.86 bits per heavy atom. The molecule has 8 heteroatoms. The molecule has 110 valence electrons. The Kier molecular flexibility index (Phi) is 4.60. The molecule has 0 saturated heterocycles. The van der Waals surface area contributed by atoms with E-state index in [1.165, 1.54) is 7.11 Å². The lowest BCUT2D eigenvalue weighted by Gasteiger charge is -2.06. The molecule has 0 aliphatic rings. The molecule has 2 aromatic rings. The second-order valence-corrected chi connectivity index (χ2v) is 4.25. The molecule has 1 aromatic carbocycles. The molecule has 0 bridgehead atoms. The molecule has 0 radical (unpaired) electrons. The van der Waals surface area contributed by atoms with Gasteiger partial charge < -0.3 is 10.1 Å². The Morgan fingerprint density at radius 1 is 1.33 bits per heavy atom. The number of nitrogens with zero attached hydrogens (tertiary/aromatic N) is 3. The lowest BCUT2D eigenvalue weighted by Crippen LogP contribution is -2.35. The number of fused-ring (bicyclic) bond motifs is 1. The number of carbonyl (C=O) groups is 2. The van der Waals surface area contributed by atoms with Gasteiger partial charge in [0.05, 0.1) is 18.9 Å². The minimum atomic E-state index is -0.425. The lowest BCUT2D eigenvalue weighted by atomic mass is 10.2. The number of hydrogen-bond acceptors (Lipinski definition) is 6. The van der Waals surface area contributed by atoms with E-state index >= 15 is 0 Å². The average molecular weight is 290 g/mol. The first-order valence-electron chi connectivity index (χ1n) is 6.28. The van der Waals surface area contributed by atoms with Crippen LogP contribution in [0, 0.1) is 0 Å². The Morgan fingerprint density at radius 2 is 2.10 bits per heavy atom. The zero-order chi connectivity index (χ0) is 15.2. The van der Waals surface area contributed by atoms with Crippen molar-refractivity contribution in [3.8, 4) is 0 Å². The van der Waals surface area contributed by atoms with Crippen molar-refractivity contribution in [2.45, 2.75) is 13.0 Å². The molecule has 1 aromatic heterocycles. The minimum absolute atomic E-state index is 0.0700. The Bertz CT molecular complexity index is 725. The first kappa shape index (κ1) is 14.6. The molecular weight excluding hydrogens is 276 g/mol. The van der Waals surface area contributed by atoms with Crippen LogP contribution < -0.4 is 10.9 Å². The van der Waals surface area contributed by atoms with E-state index in [-0.39, 0.29) is 25.1 Å². The largest absolute Gasteiger partial charge is 0.469 e. The van der Waals surface area contributed by atoms with Crippen LogP contribution in [0.25, 0.3) is 10.9 Å². The fourth-order valence-corrected chi connectivity index (χ4v) is 1.72. The SMILES string of the molecule is COC(=O)CCNC(=O)Cn1nnc2ccccc2c1=O. The topological polar surface area (TPSA) is 103 Å². The van der Waals surface area contributed by atoms with E-state index in [1.54, 1.807) is 24.3 Å². The molecule has 1 heterocycles. The van der Waals surface area contributed by atoms with Crippen molar-refractivity contribution in [1.82, 2.24) is 20.3 Å². The number of rotatable bonds is 5. The molecule has 0 saturated carbocycles. The van der Waals surface area contributed by atoms with Crippen molar-refractivity contribution < 1.29 is 14.3 Å². The van der Waals surface area contributed by atoms with Crippen LogP contribution in [0.4, 0.5) is 0 Å². The standard InChI is InChI=1S/C13H14N4O4/c1-21-12(19)6-7-14-11(18)8-17-13(20)9-4-2-3-5-10(9)15-16-17/h2-5H,6-8H2,1H3,(H,14,18). The Labute approximate surface area is 119 Å². The van der Waals surface area contributed by atoms with Crippen LogP contribution in [0.3, 0.4) is 0 Å². The van der Waals surface area contributed by atoms with Gasteiger partial charge in [-0.15, -0.1) is 5.10 Å². The quantitative estimate of drug-likeness (QED) is 0.743. The van der Waals surface area contributed by atoms with Crippen LogP contribution >= 0.6 is 0 Å². The van der Waals surface area contributed by atoms with E-state index in [9.17, 15) is 14.4 Å². The van der Waals surface area contributed by atoms with Gasteiger partial charge in [0.25, 0.3) is 5.56 Å². The highest BCUT2D eigenvalue weighted by molar-refractivity contribution is 5.78. The van der Waals surface area contributed by atoms with Gasteiger partial charge in [-0.2, -0.15) is 0 Å². The van der Waals surface area contributed by atoms with Gasteiger partial charge >= 0.3 is 5.97 Å². The zero-order valence-electron chi connectivity index (χ0n) is 11.4. The van der Waals surface area contributed by atoms with E-state index in [0.29, 0.717) is 10.9 Å². The third-order valence-electron chi connectivity index (χ3n) is 2.80. The summed E-state index contributed by atoms with van der Waals surface area (Å²) in [7, 11) is 1.27. The summed E-state index contributed by atoms with van der Waals surface area (Å²) in [5.74, 6) is -0.844. The van der Waals surface area contributed by atoms with E-state index in [2.05, 4.69) is 20.4 Å². The number of methoxy groups -OCH3 is 1. The van der Waals surface area contributed by atoms with Gasteiger partial charge in [0.1, 0.15) is 12.1 Å². The minimum Gasteiger partial charge on any atom is -0.469 e. The van der Waals surface area contributed by atoms with Crippen LogP contribution in [-0.4, -0.2) is 40.5 Å². The predicted octanol–water partition coefficient (Wildman–Crippen LogP) is -0.529. The molecule has 21 heavy (non-hydrogen) atoms. The van der Waals surface area contributed by atoms with Gasteiger partial charge in [-0.1, -0.05) is 17.3 Å². The fraction of sp³-hybridized carbons (Fsp3) is 0.308. The molecule has 0 spiro atoms. The number of esters is 1. The third-order valence-corrected chi connectivity index (χ3v) is 2.80. The van der Waals surface area contributed by atoms with Crippen molar-refractivity contribution in [3.63, 3.8) is 0 Å². The molecule has 0 atom stereocenters. The van der Waals surface area contributed by atoms with Crippen LogP contribution in [0.5, 0.6) is 0 Å². The Hall–Kier alpha value is -2.77. The van der Waals surface area contributed by atoms with Crippen LogP contribution in [-0.2, 0) is 20.9 Å². The van der Waals surface area contributed by atoms with Crippen molar-refractivity contribution in [3.05, 3.63) is 34.6 Å². The monoisotopic (exact) mass is 290 g/mol. The van der Waals surface area contributed by atoms with Gasteiger partial charge in [0.15, 0.2) is 0 Å². The molecule has 0 unspecified atom stereocenters. The second kappa shape index (κ2) is 6.60. The maximum Gasteiger partial charge on any atom is 0.307 e. The van der Waals surface area contributed by atoms with Crippen LogP contribution in [0.1, 0.15) is 6.42 Å². The number of carbonyl (C=O) groups excluding carboxylic acids is 2. The zero-order valence-corrected chi connectivity index (χ0v) is 11.4. The summed E-state index contributed by atoms with van der Waals surface area (Å²) in [5, 5.41) is 10.5. The van der Waals surface area contributed by atoms with Gasteiger partial charge in [-0.05, 0) is 12.1 Å². The molecule has 1 N–H and O–H groups in total. The number of nitrogens with one attached hydrogen (secondary N) is 1. The summed E-state index contributed by atoms with van der Waals surface area (Å²) in [6.07, 6.45) is 0.0700. The summed E-state index contributed by atoms with van der Waals surface area (Å²) in [6, 6.07) is 6.76. The van der Waals surface area contributed by atoms with E-state index in [1.807, 2.05) is 0 Å². The van der Waals surface area contributed by atoms with Crippen molar-refractivity contribution >= 4 is 22.8 Å². The highest BCUT2D eigenvalue weighted by Gasteiger charge is 2.09. The highest BCUT2D eigenvalue weighted by atomic mass is 16.5. The summed E-state index contributed by atoms with van der Waals surface area (Å²) in [5.41, 5.74) is 0.0913. The van der Waals surface area contributed by atoms with Crippen molar-refractivity contribution in [2.24, 2.45) is 0 Å². The number of hydrogen-bond donors (Lipinski definition) is 1. The molecule has 0 aliphatic heterocycles. The molecule has 8 nitrogen and oxygen atoms in total. The number of ether oxygens (including phenoxy) is 1. The smallest absolute Gasteiger partial charge is 0.307 e. The number of aromatic nitrogens is 3. The summed E-state index contributed by atoms with van der Waals surface area (Å²) >= 11 is 0. The molecule has 0 aliphatic carbocycles. The summed E-state index contributed by atoms with van der Waals surface area (Å²) < 4.78 is 5.43. The van der Waals surface area contributed by atoms with Crippen molar-refractivity contribution in [1.29, 1.82) is 0 Å². The molecule has 2 rings (SSSR count). The molecule has 0 fully saturated rings. The van der Waals surface area contributed by atoms with Crippen LogP contribution in [0.15, 0.2) is 29.1 Å². The van der Waals surface area contributed by atoms with Gasteiger partial charge in [-0.3, -0.25) is 14.4 Å². The number of benzene rings is 1. The average Bonchev–Trinajstić information content (AvgIpc) is 2.50. The lowest BCUT2D eigenvalue weighted by molar-refractivity contribution is -0.140. The van der Waals surface area contributed by atoms with Crippen LogP contribution in [0.2, 0.25) is 0 Å².